The average Bonchev–Trinajstić information content (AvgIpc) is 3.25. The molecule has 0 aliphatic carbocycles. The number of carbonyl (C=O) groups is 1. The highest BCUT2D eigenvalue weighted by molar-refractivity contribution is 7.13. The van der Waals surface area contributed by atoms with Crippen LogP contribution < -0.4 is 14.2 Å². The van der Waals surface area contributed by atoms with Crippen molar-refractivity contribution in [3.05, 3.63) is 46.8 Å². The molecule has 6 heteroatoms. The van der Waals surface area contributed by atoms with Gasteiger partial charge >= 0.3 is 5.97 Å². The number of hydrogen-bond donors (Lipinski definition) is 0. The van der Waals surface area contributed by atoms with E-state index in [2.05, 4.69) is 0 Å². The van der Waals surface area contributed by atoms with Gasteiger partial charge in [0.05, 0.1) is 26.9 Å². The Hall–Kier alpha value is -2.99. The Balaban J connectivity index is 2.22. The van der Waals surface area contributed by atoms with Crippen LogP contribution in [0.25, 0.3) is 27.3 Å². The van der Waals surface area contributed by atoms with Gasteiger partial charge in [0.25, 0.3) is 0 Å². The molecule has 0 saturated heterocycles. The van der Waals surface area contributed by atoms with Crippen LogP contribution in [0.1, 0.15) is 29.8 Å². The molecule has 0 spiro atoms. The minimum Gasteiger partial charge on any atom is -0.493 e. The van der Waals surface area contributed by atoms with Gasteiger partial charge in [-0.25, -0.2) is 4.79 Å². The molecule has 0 N–H and O–H groups in total. The number of esters is 1. The minimum absolute atomic E-state index is 0.408. The van der Waals surface area contributed by atoms with Crippen LogP contribution in [0.3, 0.4) is 0 Å². The summed E-state index contributed by atoms with van der Waals surface area (Å²) in [7, 11) is 4.59. The summed E-state index contributed by atoms with van der Waals surface area (Å²) in [4.78, 5) is 13.9. The lowest BCUT2D eigenvalue weighted by molar-refractivity contribution is 0.0600. The fraction of sp³-hybridized carbons (Fsp3) is 0.261. The molecule has 0 bridgehead atoms. The maximum Gasteiger partial charge on any atom is 0.339 e. The van der Waals surface area contributed by atoms with Crippen LogP contribution in [0, 0.1) is 0 Å². The smallest absolute Gasteiger partial charge is 0.339 e. The maximum absolute atomic E-state index is 12.9. The Kier molecular flexibility index (Phi) is 4.74. The van der Waals surface area contributed by atoms with Crippen LogP contribution in [0.5, 0.6) is 17.2 Å². The standard InChI is InChI=1S/C23H22O5S/c1-23(2)9-8-13-20(22(24)27-5)19(18-7-6-10-29-18)14-11-16(25-3)17(26-4)12-15(14)21(13)28-23/h6-12H,1-5H3. The molecular weight excluding hydrogens is 388 g/mol. The quantitative estimate of drug-likeness (QED) is 0.527. The van der Waals surface area contributed by atoms with E-state index in [1.807, 2.05) is 55.6 Å². The van der Waals surface area contributed by atoms with Crippen LogP contribution in [0.15, 0.2) is 35.7 Å². The predicted octanol–water partition coefficient (Wildman–Crippen LogP) is 5.56. The number of hydrogen-bond acceptors (Lipinski definition) is 6. The lowest BCUT2D eigenvalue weighted by Gasteiger charge is -2.31. The predicted molar refractivity (Wildman–Crippen MR) is 115 cm³/mol. The molecule has 2 heterocycles. The highest BCUT2D eigenvalue weighted by atomic mass is 32.1. The first-order chi connectivity index (χ1) is 13.9. The molecule has 2 aromatic carbocycles. The zero-order chi connectivity index (χ0) is 20.8. The second-order valence-corrected chi connectivity index (χ2v) is 8.20. The molecule has 3 aromatic rings. The summed E-state index contributed by atoms with van der Waals surface area (Å²) in [5, 5.41) is 3.68. The molecule has 1 aliphatic heterocycles. The van der Waals surface area contributed by atoms with Gasteiger partial charge in [-0.1, -0.05) is 12.1 Å². The molecule has 0 fully saturated rings. The summed E-state index contributed by atoms with van der Waals surface area (Å²) < 4.78 is 22.6. The molecule has 4 rings (SSSR count). The van der Waals surface area contributed by atoms with Gasteiger partial charge in [-0.2, -0.15) is 0 Å². The molecule has 0 unspecified atom stereocenters. The van der Waals surface area contributed by atoms with Crippen molar-refractivity contribution in [3.8, 4) is 27.7 Å². The van der Waals surface area contributed by atoms with Crippen LogP contribution in [-0.4, -0.2) is 32.9 Å². The first kappa shape index (κ1) is 19.3. The summed E-state index contributed by atoms with van der Waals surface area (Å²) in [6, 6.07) is 7.75. The van der Waals surface area contributed by atoms with E-state index in [1.54, 1.807) is 25.6 Å². The number of rotatable bonds is 4. The van der Waals surface area contributed by atoms with Gasteiger partial charge in [0, 0.05) is 21.4 Å². The van der Waals surface area contributed by atoms with Gasteiger partial charge in [-0.3, -0.25) is 0 Å². The third-order valence-corrected chi connectivity index (χ3v) is 5.86. The zero-order valence-corrected chi connectivity index (χ0v) is 17.8. The number of benzene rings is 2. The van der Waals surface area contributed by atoms with Gasteiger partial charge in [0.2, 0.25) is 0 Å². The van der Waals surface area contributed by atoms with Gasteiger partial charge in [0.1, 0.15) is 11.4 Å². The number of thiophene rings is 1. The normalized spacial score (nSPS) is 14.2. The van der Waals surface area contributed by atoms with Crippen molar-refractivity contribution in [3.63, 3.8) is 0 Å². The zero-order valence-electron chi connectivity index (χ0n) is 17.0. The molecule has 29 heavy (non-hydrogen) atoms. The molecule has 0 amide bonds. The van der Waals surface area contributed by atoms with Crippen molar-refractivity contribution in [1.82, 2.24) is 0 Å². The molecule has 150 valence electrons. The first-order valence-electron chi connectivity index (χ1n) is 9.16. The highest BCUT2D eigenvalue weighted by Crippen LogP contribution is 2.49. The molecule has 0 saturated carbocycles. The summed E-state index contributed by atoms with van der Waals surface area (Å²) in [5.74, 6) is 1.41. The second kappa shape index (κ2) is 7.12. The van der Waals surface area contributed by atoms with Crippen LogP contribution >= 0.6 is 11.3 Å². The van der Waals surface area contributed by atoms with E-state index in [-0.39, 0.29) is 0 Å². The van der Waals surface area contributed by atoms with Crippen molar-refractivity contribution in [1.29, 1.82) is 0 Å². The van der Waals surface area contributed by atoms with E-state index in [0.29, 0.717) is 28.4 Å². The number of fused-ring (bicyclic) bond motifs is 3. The second-order valence-electron chi connectivity index (χ2n) is 7.25. The van der Waals surface area contributed by atoms with Crippen molar-refractivity contribution in [2.45, 2.75) is 19.4 Å². The SMILES string of the molecule is COC(=O)c1c2c(c3cc(OC)c(OC)cc3c1-c1cccs1)OC(C)(C)C=C2. The van der Waals surface area contributed by atoms with E-state index in [0.717, 1.165) is 21.2 Å². The topological polar surface area (TPSA) is 54.0 Å². The van der Waals surface area contributed by atoms with Gasteiger partial charge < -0.3 is 18.9 Å². The number of methoxy groups -OCH3 is 3. The first-order valence-corrected chi connectivity index (χ1v) is 10.0. The Bertz CT molecular complexity index is 1130. The van der Waals surface area contributed by atoms with Gasteiger partial charge in [-0.05, 0) is 48.9 Å². The van der Waals surface area contributed by atoms with Gasteiger partial charge in [0.15, 0.2) is 11.5 Å². The maximum atomic E-state index is 12.9. The van der Waals surface area contributed by atoms with Crippen LogP contribution in [-0.2, 0) is 4.74 Å². The fourth-order valence-corrected chi connectivity index (χ4v) is 4.43. The van der Waals surface area contributed by atoms with E-state index < -0.39 is 11.6 Å². The van der Waals surface area contributed by atoms with E-state index in [1.165, 1.54) is 7.11 Å². The van der Waals surface area contributed by atoms with Crippen molar-refractivity contribution in [2.24, 2.45) is 0 Å². The van der Waals surface area contributed by atoms with E-state index >= 15 is 0 Å². The molecular formula is C23H22O5S. The Morgan fingerprint density at radius 1 is 1.07 bits per heavy atom. The molecule has 0 radical (unpaired) electrons. The summed E-state index contributed by atoms with van der Waals surface area (Å²) in [6.45, 7) is 3.95. The third kappa shape index (κ3) is 3.13. The van der Waals surface area contributed by atoms with Crippen LogP contribution in [0.2, 0.25) is 0 Å². The highest BCUT2D eigenvalue weighted by Gasteiger charge is 2.32. The largest absolute Gasteiger partial charge is 0.493 e. The molecule has 1 aliphatic rings. The van der Waals surface area contributed by atoms with Gasteiger partial charge in [-0.15, -0.1) is 11.3 Å². The molecule has 5 nitrogen and oxygen atoms in total. The lowest BCUT2D eigenvalue weighted by atomic mass is 9.88. The fourth-order valence-electron chi connectivity index (χ4n) is 3.64. The average molecular weight is 410 g/mol. The monoisotopic (exact) mass is 410 g/mol. The summed E-state index contributed by atoms with van der Waals surface area (Å²) in [5.41, 5.74) is 1.48. The van der Waals surface area contributed by atoms with Crippen molar-refractivity contribution < 1.29 is 23.7 Å². The number of ether oxygens (including phenoxy) is 4. The molecule has 1 aromatic heterocycles. The Labute approximate surface area is 173 Å². The van der Waals surface area contributed by atoms with Crippen LogP contribution in [0.4, 0.5) is 0 Å². The summed E-state index contributed by atoms with van der Waals surface area (Å²) in [6.07, 6.45) is 3.89. The van der Waals surface area contributed by atoms with Crippen molar-refractivity contribution in [2.75, 3.05) is 21.3 Å². The minimum atomic E-state index is -0.509. The Morgan fingerprint density at radius 3 is 2.34 bits per heavy atom. The van der Waals surface area contributed by atoms with Crippen molar-refractivity contribution >= 4 is 34.2 Å². The lowest BCUT2D eigenvalue weighted by Crippen LogP contribution is -2.28. The molecule has 0 atom stereocenters. The van der Waals surface area contributed by atoms with E-state index in [4.69, 9.17) is 18.9 Å². The Morgan fingerprint density at radius 2 is 1.76 bits per heavy atom. The van der Waals surface area contributed by atoms with E-state index in [9.17, 15) is 4.79 Å². The number of carbonyl (C=O) groups excluding carboxylic acids is 1. The summed E-state index contributed by atoms with van der Waals surface area (Å²) >= 11 is 1.56. The third-order valence-electron chi connectivity index (χ3n) is 4.98.